The second kappa shape index (κ2) is 17.2. The summed E-state index contributed by atoms with van der Waals surface area (Å²) in [5.41, 5.74) is 25.3. The van der Waals surface area contributed by atoms with Gasteiger partial charge in [0.1, 0.15) is 0 Å². The zero-order chi connectivity index (χ0) is 46.7. The molecule has 5 nitrogen and oxygen atoms in total. The third-order valence-corrected chi connectivity index (χ3v) is 14.9. The maximum absolute atomic E-state index is 4.88. The largest absolute Gasteiger partial charge is 0.312 e. The van der Waals surface area contributed by atoms with E-state index in [9.17, 15) is 0 Å². The van der Waals surface area contributed by atoms with Crippen LogP contribution in [0.25, 0.3) is 64.4 Å². The number of thiophene rings is 1. The minimum absolute atomic E-state index is 0.195. The van der Waals surface area contributed by atoms with E-state index in [1.165, 1.54) is 82.2 Å². The van der Waals surface area contributed by atoms with E-state index in [1.807, 2.05) is 36.1 Å². The van der Waals surface area contributed by atoms with E-state index in [-0.39, 0.29) is 5.92 Å². The average molecular weight is 918 g/mol. The van der Waals surface area contributed by atoms with Crippen molar-refractivity contribution in [2.24, 2.45) is 0 Å². The molecule has 0 saturated heterocycles. The third-order valence-electron chi connectivity index (χ3n) is 13.8. The smallest absolute Gasteiger partial charge is 0.0902 e. The van der Waals surface area contributed by atoms with Crippen molar-refractivity contribution in [3.63, 3.8) is 0 Å². The predicted octanol–water partition coefficient (Wildman–Crippen LogP) is 16.9. The molecule has 9 aromatic rings. The van der Waals surface area contributed by atoms with Gasteiger partial charge in [0, 0.05) is 88.6 Å². The van der Waals surface area contributed by atoms with Crippen LogP contribution in [0, 0.1) is 0 Å². The first kappa shape index (κ1) is 41.7. The van der Waals surface area contributed by atoms with Gasteiger partial charge in [0.15, 0.2) is 0 Å². The van der Waals surface area contributed by atoms with Crippen molar-refractivity contribution in [2.45, 2.75) is 39.0 Å². The number of rotatable bonds is 5. The molecule has 0 N–H and O–H groups in total. The Morgan fingerprint density at radius 1 is 0.543 bits per heavy atom. The van der Waals surface area contributed by atoms with Crippen LogP contribution in [0.5, 0.6) is 0 Å². The molecular weight excluding hydrogens is 871 g/mol. The molecule has 6 heteroatoms. The van der Waals surface area contributed by atoms with Crippen molar-refractivity contribution in [1.29, 1.82) is 0 Å². The molecule has 5 aromatic carbocycles. The van der Waals surface area contributed by atoms with Gasteiger partial charge in [-0.2, -0.15) is 0 Å². The molecule has 70 heavy (non-hydrogen) atoms. The molecule has 0 spiro atoms. The number of allylic oxidation sites excluding steroid dienone is 12. The van der Waals surface area contributed by atoms with Crippen molar-refractivity contribution in [3.05, 3.63) is 258 Å². The fourth-order valence-electron chi connectivity index (χ4n) is 10.8. The summed E-state index contributed by atoms with van der Waals surface area (Å²) in [5.74, 6) is 0.195. The molecule has 3 aliphatic carbocycles. The lowest BCUT2D eigenvalue weighted by Gasteiger charge is -2.25. The highest BCUT2D eigenvalue weighted by Gasteiger charge is 2.36. The van der Waals surface area contributed by atoms with Gasteiger partial charge in [-0.15, -0.1) is 11.3 Å². The molecule has 0 fully saturated rings. The standard InChI is InChI=1S/C61H39N5S.C3H8/c1-3-15-45-28-39(12-1)40-13-2-4-16-46(29-40)64(45)48-30-43(35-62-37-48)44-31-49(38-63-36-44)66-58-22-10-7-19-52(58)53-32-41(14-11-23-59(53)66)42-24-26-60-54(33-42)55-34-47(25-27-61(55)67-60)65-56-20-8-5-17-50(56)51-18-6-9-21-57(51)65;1-3-2/h1-10,12-27,30-31,33-38,53H,11,32H2;3H2,1-2H3. The molecule has 6 heterocycles. The maximum atomic E-state index is 4.88. The number of pyridine rings is 2. The van der Waals surface area contributed by atoms with E-state index in [2.05, 4.69) is 222 Å². The Hall–Kier alpha value is -8.50. The minimum Gasteiger partial charge on any atom is -0.312 e. The number of hydrogen-bond donors (Lipinski definition) is 0. The SMILES string of the molecule is C1=C2C=CC=CC=1N(c1cncc(-c3cncc(N4C5=CCC=C(c6ccc7sc8ccc(-n9c%10ccccc%10c%10ccccc%109)cc8c7c6)CC5c5ccccc54)c3)c1)C1=C=C2C=CC=C1.CCC. The maximum Gasteiger partial charge on any atom is 0.0902 e. The number of aromatic nitrogens is 3. The quantitative estimate of drug-likeness (QED) is 0.161. The number of nitrogens with zero attached hydrogens (tertiary/aromatic N) is 5. The van der Waals surface area contributed by atoms with Gasteiger partial charge in [-0.05, 0) is 115 Å². The van der Waals surface area contributed by atoms with E-state index < -0.39 is 0 Å². The monoisotopic (exact) mass is 917 g/mol. The molecule has 2 aliphatic heterocycles. The predicted molar refractivity (Wildman–Crippen MR) is 294 cm³/mol. The van der Waals surface area contributed by atoms with Crippen LogP contribution in [0.2, 0.25) is 0 Å². The fourth-order valence-corrected chi connectivity index (χ4v) is 11.8. The van der Waals surface area contributed by atoms with Crippen LogP contribution in [-0.4, -0.2) is 14.5 Å². The van der Waals surface area contributed by atoms with Gasteiger partial charge >= 0.3 is 0 Å². The normalized spacial score (nSPS) is 16.6. The van der Waals surface area contributed by atoms with Gasteiger partial charge in [-0.3, -0.25) is 14.9 Å². The van der Waals surface area contributed by atoms with Crippen LogP contribution < -0.4 is 9.80 Å². The molecule has 4 aromatic heterocycles. The van der Waals surface area contributed by atoms with Gasteiger partial charge in [-0.1, -0.05) is 129 Å². The van der Waals surface area contributed by atoms with Gasteiger partial charge in [-0.25, -0.2) is 0 Å². The summed E-state index contributed by atoms with van der Waals surface area (Å²) in [4.78, 5) is 14.3. The zero-order valence-electron chi connectivity index (χ0n) is 39.0. The second-order valence-corrected chi connectivity index (χ2v) is 19.4. The minimum atomic E-state index is 0.195. The molecule has 14 rings (SSSR count). The highest BCUT2D eigenvalue weighted by Crippen LogP contribution is 2.53. The summed E-state index contributed by atoms with van der Waals surface area (Å²) >= 11 is 1.88. The van der Waals surface area contributed by atoms with Crippen molar-refractivity contribution in [3.8, 4) is 16.8 Å². The Balaban J connectivity index is 0.00000156. The first-order valence-corrected chi connectivity index (χ1v) is 25.1. The molecule has 0 radical (unpaired) electrons. The fraction of sp³-hybridized carbons (Fsp3) is 0.0938. The van der Waals surface area contributed by atoms with E-state index in [4.69, 9.17) is 9.97 Å². The van der Waals surface area contributed by atoms with Crippen molar-refractivity contribution >= 4 is 76.0 Å². The van der Waals surface area contributed by atoms with Crippen molar-refractivity contribution in [1.82, 2.24) is 14.5 Å². The number of anilines is 3. The van der Waals surface area contributed by atoms with Crippen LogP contribution in [0.1, 0.15) is 50.2 Å². The lowest BCUT2D eigenvalue weighted by molar-refractivity contribution is 0.845. The molecule has 0 amide bonds. The molecule has 4 bridgehead atoms. The van der Waals surface area contributed by atoms with Gasteiger partial charge in [0.25, 0.3) is 0 Å². The Morgan fingerprint density at radius 2 is 1.13 bits per heavy atom. The lowest BCUT2D eigenvalue weighted by Crippen LogP contribution is -2.19. The van der Waals surface area contributed by atoms with Crippen LogP contribution in [0.15, 0.2) is 247 Å². The Morgan fingerprint density at radius 3 is 1.81 bits per heavy atom. The summed E-state index contributed by atoms with van der Waals surface area (Å²) in [7, 11) is 0. The molecule has 5 aliphatic rings. The molecule has 1 atom stereocenters. The van der Waals surface area contributed by atoms with Crippen molar-refractivity contribution < 1.29 is 0 Å². The number of para-hydroxylation sites is 3. The molecule has 0 saturated carbocycles. The molecule has 1 unspecified atom stereocenters. The Labute approximate surface area is 411 Å². The summed E-state index contributed by atoms with van der Waals surface area (Å²) in [6.07, 6.45) is 32.3. The first-order valence-electron chi connectivity index (χ1n) is 24.3. The van der Waals surface area contributed by atoms with E-state index >= 15 is 0 Å². The van der Waals surface area contributed by atoms with Crippen LogP contribution >= 0.6 is 11.3 Å². The van der Waals surface area contributed by atoms with E-state index in [0.717, 1.165) is 57.9 Å². The summed E-state index contributed by atoms with van der Waals surface area (Å²) in [6.45, 7) is 4.25. The topological polar surface area (TPSA) is 37.2 Å². The van der Waals surface area contributed by atoms with E-state index in [0.29, 0.717) is 0 Å². The molecule has 334 valence electrons. The number of benzene rings is 5. The van der Waals surface area contributed by atoms with Gasteiger partial charge in [0.2, 0.25) is 0 Å². The molecular formula is C64H47N5S. The van der Waals surface area contributed by atoms with Crippen LogP contribution in [0.3, 0.4) is 0 Å². The zero-order valence-corrected chi connectivity index (χ0v) is 39.8. The highest BCUT2D eigenvalue weighted by atomic mass is 32.1. The van der Waals surface area contributed by atoms with Crippen LogP contribution in [0.4, 0.5) is 17.1 Å². The third kappa shape index (κ3) is 7.00. The van der Waals surface area contributed by atoms with Crippen LogP contribution in [-0.2, 0) is 0 Å². The van der Waals surface area contributed by atoms with Gasteiger partial charge in [0.05, 0.1) is 46.2 Å². The summed E-state index contributed by atoms with van der Waals surface area (Å²) in [6, 6.07) is 45.0. The first-order chi connectivity index (χ1) is 34.6. The number of fused-ring (bicyclic) bond motifs is 10. The number of hydrogen-bond acceptors (Lipinski definition) is 5. The lowest BCUT2D eigenvalue weighted by atomic mass is 9.89. The summed E-state index contributed by atoms with van der Waals surface area (Å²) < 4.78 is 5.04. The van der Waals surface area contributed by atoms with E-state index in [1.54, 1.807) is 0 Å². The summed E-state index contributed by atoms with van der Waals surface area (Å²) in [5, 5.41) is 5.17. The Kier molecular flexibility index (Phi) is 10.3. The van der Waals surface area contributed by atoms with Gasteiger partial charge < -0.3 is 9.47 Å². The Bertz CT molecular complexity index is 3890. The highest BCUT2D eigenvalue weighted by molar-refractivity contribution is 7.25. The van der Waals surface area contributed by atoms with Crippen molar-refractivity contribution in [2.75, 3.05) is 9.80 Å². The second-order valence-electron chi connectivity index (χ2n) is 18.3. The average Bonchev–Trinajstić information content (AvgIpc) is 3.67.